The van der Waals surface area contributed by atoms with Gasteiger partial charge in [0.1, 0.15) is 17.5 Å². The van der Waals surface area contributed by atoms with Crippen LogP contribution in [-0.4, -0.2) is 16.9 Å². The van der Waals surface area contributed by atoms with Crippen molar-refractivity contribution in [1.29, 1.82) is 0 Å². The van der Waals surface area contributed by atoms with Crippen molar-refractivity contribution in [3.63, 3.8) is 0 Å². The van der Waals surface area contributed by atoms with Gasteiger partial charge in [0.15, 0.2) is 5.11 Å². The Bertz CT molecular complexity index is 831. The Hall–Kier alpha value is -2.72. The lowest BCUT2D eigenvalue weighted by atomic mass is 10.2. The molecule has 0 aliphatic heterocycles. The summed E-state index contributed by atoms with van der Waals surface area (Å²) < 4.78 is 39.7. The molecule has 5 nitrogen and oxygen atoms in total. The average molecular weight is 399 g/mol. The largest absolute Gasteiger partial charge is 0.298 e. The maximum absolute atomic E-state index is 13.4. The van der Waals surface area contributed by atoms with Gasteiger partial charge in [0.2, 0.25) is 11.8 Å². The molecule has 3 N–H and O–H groups in total. The first-order chi connectivity index (χ1) is 12.3. The minimum absolute atomic E-state index is 0.143. The SMILES string of the molecule is O=C(/C=C/c1c(F)cc(F)cc1F)NC(=S)NNC(=O)Cc1cccs1. The molecule has 1 heterocycles. The zero-order chi connectivity index (χ0) is 19.1. The monoisotopic (exact) mass is 399 g/mol. The normalized spacial score (nSPS) is 10.6. The quantitative estimate of drug-likeness (QED) is 0.420. The van der Waals surface area contributed by atoms with Gasteiger partial charge in [-0.3, -0.25) is 25.8 Å². The molecule has 136 valence electrons. The first-order valence-corrected chi connectivity index (χ1v) is 8.38. The van der Waals surface area contributed by atoms with E-state index >= 15 is 0 Å². The van der Waals surface area contributed by atoms with E-state index in [0.29, 0.717) is 12.1 Å². The highest BCUT2D eigenvalue weighted by atomic mass is 32.1. The molecular weight excluding hydrogens is 387 g/mol. The summed E-state index contributed by atoms with van der Waals surface area (Å²) in [6, 6.07) is 4.60. The lowest BCUT2D eigenvalue weighted by Crippen LogP contribution is -2.48. The van der Waals surface area contributed by atoms with Crippen LogP contribution in [0, 0.1) is 17.5 Å². The lowest BCUT2D eigenvalue weighted by molar-refractivity contribution is -0.121. The van der Waals surface area contributed by atoms with Crippen molar-refractivity contribution in [3.8, 4) is 0 Å². The van der Waals surface area contributed by atoms with Crippen LogP contribution in [0.25, 0.3) is 6.08 Å². The summed E-state index contributed by atoms with van der Waals surface area (Å²) >= 11 is 6.23. The number of halogens is 3. The van der Waals surface area contributed by atoms with Crippen LogP contribution in [-0.2, 0) is 16.0 Å². The van der Waals surface area contributed by atoms with Gasteiger partial charge in [0.25, 0.3) is 0 Å². The summed E-state index contributed by atoms with van der Waals surface area (Å²) in [6.45, 7) is 0. The molecule has 1 aromatic carbocycles. The van der Waals surface area contributed by atoms with E-state index in [-0.39, 0.29) is 17.4 Å². The van der Waals surface area contributed by atoms with Gasteiger partial charge in [0, 0.05) is 28.6 Å². The summed E-state index contributed by atoms with van der Waals surface area (Å²) in [5.41, 5.74) is 4.06. The second-order valence-corrected chi connectivity index (χ2v) is 6.30. The van der Waals surface area contributed by atoms with Crippen molar-refractivity contribution in [2.24, 2.45) is 0 Å². The second kappa shape index (κ2) is 9.11. The van der Waals surface area contributed by atoms with Crippen LogP contribution in [0.3, 0.4) is 0 Å². The molecule has 0 saturated heterocycles. The van der Waals surface area contributed by atoms with E-state index in [1.807, 2.05) is 11.4 Å². The van der Waals surface area contributed by atoms with E-state index in [1.165, 1.54) is 11.3 Å². The van der Waals surface area contributed by atoms with Crippen LogP contribution in [0.2, 0.25) is 0 Å². The Labute approximate surface area is 155 Å². The number of benzene rings is 1. The summed E-state index contributed by atoms with van der Waals surface area (Å²) in [4.78, 5) is 24.2. The standard InChI is InChI=1S/C16H12F3N3O2S2/c17-9-6-12(18)11(13(19)7-9)3-4-14(23)20-16(25)22-21-15(24)8-10-2-1-5-26-10/h1-7H,8H2,(H,21,24)(H2,20,22,23,25)/b4-3+. The average Bonchev–Trinajstić information content (AvgIpc) is 3.04. The number of carbonyl (C=O) groups is 2. The fourth-order valence-electron chi connectivity index (χ4n) is 1.80. The van der Waals surface area contributed by atoms with Crippen LogP contribution < -0.4 is 16.2 Å². The van der Waals surface area contributed by atoms with E-state index in [0.717, 1.165) is 17.0 Å². The zero-order valence-corrected chi connectivity index (χ0v) is 14.6. The first-order valence-electron chi connectivity index (χ1n) is 7.10. The number of thiophene rings is 1. The molecule has 0 radical (unpaired) electrons. The Kier molecular flexibility index (Phi) is 6.87. The first kappa shape index (κ1) is 19.6. The number of amides is 2. The number of nitrogens with one attached hydrogen (secondary N) is 3. The van der Waals surface area contributed by atoms with Crippen LogP contribution in [0.15, 0.2) is 35.7 Å². The fourth-order valence-corrected chi connectivity index (χ4v) is 2.65. The van der Waals surface area contributed by atoms with Gasteiger partial charge >= 0.3 is 0 Å². The Morgan fingerprint density at radius 2 is 1.85 bits per heavy atom. The van der Waals surface area contributed by atoms with Crippen molar-refractivity contribution in [1.82, 2.24) is 16.2 Å². The van der Waals surface area contributed by atoms with Gasteiger partial charge in [0.05, 0.1) is 6.42 Å². The van der Waals surface area contributed by atoms with E-state index in [1.54, 1.807) is 6.07 Å². The van der Waals surface area contributed by atoms with Crippen molar-refractivity contribution >= 4 is 46.6 Å². The van der Waals surface area contributed by atoms with Gasteiger partial charge < -0.3 is 0 Å². The van der Waals surface area contributed by atoms with Gasteiger partial charge in [-0.25, -0.2) is 13.2 Å². The van der Waals surface area contributed by atoms with Crippen molar-refractivity contribution in [3.05, 3.63) is 63.6 Å². The molecule has 0 spiro atoms. The van der Waals surface area contributed by atoms with Crippen LogP contribution in [0.4, 0.5) is 13.2 Å². The van der Waals surface area contributed by atoms with Crippen molar-refractivity contribution in [2.75, 3.05) is 0 Å². The Balaban J connectivity index is 1.82. The van der Waals surface area contributed by atoms with Crippen LogP contribution in [0.5, 0.6) is 0 Å². The molecule has 10 heteroatoms. The number of rotatable bonds is 4. The third kappa shape index (κ3) is 5.97. The third-order valence-electron chi connectivity index (χ3n) is 2.91. The molecule has 0 aliphatic carbocycles. The summed E-state index contributed by atoms with van der Waals surface area (Å²) in [7, 11) is 0. The zero-order valence-electron chi connectivity index (χ0n) is 13.0. The highest BCUT2D eigenvalue weighted by molar-refractivity contribution is 7.80. The maximum Gasteiger partial charge on any atom is 0.250 e. The fraction of sp³-hybridized carbons (Fsp3) is 0.0625. The minimum Gasteiger partial charge on any atom is -0.298 e. The molecule has 2 aromatic rings. The summed E-state index contributed by atoms with van der Waals surface area (Å²) in [5, 5.41) is 3.80. The minimum atomic E-state index is -1.15. The molecule has 26 heavy (non-hydrogen) atoms. The Morgan fingerprint density at radius 3 is 2.46 bits per heavy atom. The molecule has 2 amide bonds. The number of hydrogen-bond acceptors (Lipinski definition) is 4. The van der Waals surface area contributed by atoms with E-state index in [2.05, 4.69) is 16.2 Å². The highest BCUT2D eigenvalue weighted by Crippen LogP contribution is 2.16. The topological polar surface area (TPSA) is 70.2 Å². The second-order valence-electron chi connectivity index (χ2n) is 4.86. The molecule has 0 atom stereocenters. The predicted molar refractivity (Wildman–Crippen MR) is 95.4 cm³/mol. The number of hydrogen-bond donors (Lipinski definition) is 3. The number of carbonyl (C=O) groups excluding carboxylic acids is 2. The van der Waals surface area contributed by atoms with Gasteiger partial charge in [-0.05, 0) is 29.7 Å². The van der Waals surface area contributed by atoms with Crippen LogP contribution in [0.1, 0.15) is 10.4 Å². The number of hydrazine groups is 1. The summed E-state index contributed by atoms with van der Waals surface area (Å²) in [6.07, 6.45) is 1.81. The molecule has 0 unspecified atom stereocenters. The molecule has 1 aromatic heterocycles. The molecule has 2 rings (SSSR count). The highest BCUT2D eigenvalue weighted by Gasteiger charge is 2.10. The predicted octanol–water partition coefficient (Wildman–Crippen LogP) is 2.44. The van der Waals surface area contributed by atoms with Gasteiger partial charge in [-0.15, -0.1) is 11.3 Å². The summed E-state index contributed by atoms with van der Waals surface area (Å²) in [5.74, 6) is -4.51. The van der Waals surface area contributed by atoms with Gasteiger partial charge in [-0.1, -0.05) is 6.07 Å². The van der Waals surface area contributed by atoms with Crippen molar-refractivity contribution in [2.45, 2.75) is 6.42 Å². The van der Waals surface area contributed by atoms with E-state index < -0.39 is 28.9 Å². The number of thiocarbonyl (C=S) groups is 1. The Morgan fingerprint density at radius 1 is 1.15 bits per heavy atom. The van der Waals surface area contributed by atoms with E-state index in [4.69, 9.17) is 12.2 Å². The van der Waals surface area contributed by atoms with Crippen molar-refractivity contribution < 1.29 is 22.8 Å². The van der Waals surface area contributed by atoms with Crippen LogP contribution >= 0.6 is 23.6 Å². The smallest absolute Gasteiger partial charge is 0.250 e. The molecule has 0 aliphatic rings. The van der Waals surface area contributed by atoms with E-state index in [9.17, 15) is 22.8 Å². The molecule has 0 fully saturated rings. The molecule has 0 bridgehead atoms. The molecule has 0 saturated carbocycles. The molecular formula is C16H12F3N3O2S2. The maximum atomic E-state index is 13.4. The third-order valence-corrected chi connectivity index (χ3v) is 3.99. The van der Waals surface area contributed by atoms with Gasteiger partial charge in [-0.2, -0.15) is 0 Å². The lowest BCUT2D eigenvalue weighted by Gasteiger charge is -2.09.